The molecule has 3 aromatic rings. The molecule has 0 amide bonds. The third kappa shape index (κ3) is 5.87. The Bertz CT molecular complexity index is 1350. The van der Waals surface area contributed by atoms with Crippen molar-refractivity contribution in [2.75, 3.05) is 5.32 Å². The van der Waals surface area contributed by atoms with Crippen LogP contribution in [-0.2, 0) is 29.4 Å². The Hall–Kier alpha value is -3.71. The molecular formula is C26H27N5O3S. The van der Waals surface area contributed by atoms with Crippen LogP contribution in [0.3, 0.4) is 0 Å². The molecule has 0 heterocycles. The molecule has 0 spiro atoms. The third-order valence-electron chi connectivity index (χ3n) is 5.91. The highest BCUT2D eigenvalue weighted by molar-refractivity contribution is 7.89. The molecule has 3 aromatic carbocycles. The van der Waals surface area contributed by atoms with Crippen molar-refractivity contribution in [3.63, 3.8) is 0 Å². The molecule has 180 valence electrons. The molecular weight excluding hydrogens is 462 g/mol. The number of nitrogens with zero attached hydrogens (tertiary/aromatic N) is 2. The van der Waals surface area contributed by atoms with Gasteiger partial charge in [-0.1, -0.05) is 60.9 Å². The lowest BCUT2D eigenvalue weighted by atomic mass is 10.1. The van der Waals surface area contributed by atoms with Gasteiger partial charge in [0.2, 0.25) is 10.0 Å². The van der Waals surface area contributed by atoms with Gasteiger partial charge in [-0.3, -0.25) is 0 Å². The normalized spacial score (nSPS) is 17.5. The summed E-state index contributed by atoms with van der Waals surface area (Å²) in [6.45, 7) is 9.54. The van der Waals surface area contributed by atoms with Gasteiger partial charge in [0.05, 0.1) is 23.6 Å². The van der Waals surface area contributed by atoms with Crippen LogP contribution >= 0.6 is 0 Å². The van der Waals surface area contributed by atoms with Crippen LogP contribution in [0.25, 0.3) is 4.95 Å². The third-order valence-corrected chi connectivity index (χ3v) is 7.36. The minimum atomic E-state index is -3.83. The Labute approximate surface area is 205 Å². The van der Waals surface area contributed by atoms with E-state index in [0.717, 1.165) is 23.1 Å². The summed E-state index contributed by atoms with van der Waals surface area (Å²) >= 11 is 0. The van der Waals surface area contributed by atoms with E-state index in [1.165, 1.54) is 0 Å². The number of rotatable bonds is 7. The van der Waals surface area contributed by atoms with Crippen LogP contribution in [-0.4, -0.2) is 25.6 Å². The predicted octanol–water partition coefficient (Wildman–Crippen LogP) is 3.58. The first-order valence-electron chi connectivity index (χ1n) is 11.3. The highest BCUT2D eigenvalue weighted by Crippen LogP contribution is 2.34. The molecule has 4 rings (SSSR count). The number of fused-ring (bicyclic) bond motifs is 1. The van der Waals surface area contributed by atoms with E-state index >= 15 is 0 Å². The van der Waals surface area contributed by atoms with Crippen LogP contribution in [0.4, 0.5) is 5.69 Å². The Balaban J connectivity index is 1.54. The van der Waals surface area contributed by atoms with E-state index in [-0.39, 0.29) is 10.9 Å². The van der Waals surface area contributed by atoms with Gasteiger partial charge in [-0.2, -0.15) is 11.5 Å². The molecule has 9 heteroatoms. The van der Waals surface area contributed by atoms with Crippen LogP contribution in [0.2, 0.25) is 0 Å². The number of hydrogen-bond donors (Lipinski definition) is 4. The van der Waals surface area contributed by atoms with Gasteiger partial charge in [0.25, 0.3) is 5.96 Å². The summed E-state index contributed by atoms with van der Waals surface area (Å²) in [6, 6.07) is 21.0. The van der Waals surface area contributed by atoms with Gasteiger partial charge in [0.15, 0.2) is 0 Å². The number of aryl methyl sites for hydroxylation is 1. The van der Waals surface area contributed by atoms with Gasteiger partial charge in [-0.05, 0) is 52.9 Å². The molecule has 4 N–H and O–H groups in total. The van der Waals surface area contributed by atoms with E-state index in [2.05, 4.69) is 25.4 Å². The average Bonchev–Trinajstić information content (AvgIpc) is 3.17. The Kier molecular flexibility index (Phi) is 7.46. The van der Waals surface area contributed by atoms with Crippen LogP contribution in [0, 0.1) is 6.57 Å². The Morgan fingerprint density at radius 2 is 1.83 bits per heavy atom. The summed E-state index contributed by atoms with van der Waals surface area (Å²) < 4.78 is 28.7. The fourth-order valence-corrected chi connectivity index (χ4v) is 5.28. The second-order valence-corrected chi connectivity index (χ2v) is 9.99. The van der Waals surface area contributed by atoms with Gasteiger partial charge in [0.1, 0.15) is 0 Å². The first-order valence-corrected chi connectivity index (χ1v) is 12.8. The second-order valence-electron chi connectivity index (χ2n) is 8.28. The molecule has 1 aliphatic carbocycles. The van der Waals surface area contributed by atoms with Crippen LogP contribution in [0.1, 0.15) is 35.2 Å². The largest absolute Gasteiger partial charge is 0.391 e. The fraction of sp³-hybridized carbons (Fsp3) is 0.231. The SMILES string of the molecule is [C-]#[N+]NC(=NCc1ccccc1)Nc1ccc2c(c1)C(NS(=O)(=O)c1ccc(CC)cc1)C(O)C2. The van der Waals surface area contributed by atoms with E-state index in [1.807, 2.05) is 49.4 Å². The summed E-state index contributed by atoms with van der Waals surface area (Å²) in [6.07, 6.45) is 0.266. The Morgan fingerprint density at radius 3 is 2.51 bits per heavy atom. The highest BCUT2D eigenvalue weighted by Gasteiger charge is 2.34. The molecule has 0 saturated heterocycles. The number of aliphatic hydroxyl groups excluding tert-OH is 1. The van der Waals surface area contributed by atoms with Crippen LogP contribution in [0.15, 0.2) is 82.7 Å². The standard InChI is InChI=1S/C26H27N5O3S/c1-3-18-9-13-22(14-10-18)35(33,34)31-25-23-16-21(12-11-20(23)15-24(25)32)29-26(30-27-2)28-17-19-7-5-4-6-8-19/h4-14,16,24-25,31-32H,3,15,17H2,1H3,(H2,28,29,30). The van der Waals surface area contributed by atoms with Gasteiger partial charge < -0.3 is 10.4 Å². The number of sulfonamides is 1. The van der Waals surface area contributed by atoms with E-state index in [4.69, 9.17) is 6.57 Å². The van der Waals surface area contributed by atoms with E-state index < -0.39 is 22.2 Å². The second kappa shape index (κ2) is 10.7. The molecule has 0 bridgehead atoms. The number of aliphatic hydroxyl groups is 1. The van der Waals surface area contributed by atoms with Crippen LogP contribution in [0.5, 0.6) is 0 Å². The summed E-state index contributed by atoms with van der Waals surface area (Å²) in [5, 5.41) is 13.7. The molecule has 2 unspecified atom stereocenters. The quantitative estimate of drug-likeness (QED) is 0.176. The first-order chi connectivity index (χ1) is 16.9. The minimum absolute atomic E-state index is 0.154. The van der Waals surface area contributed by atoms with Crippen molar-refractivity contribution in [2.24, 2.45) is 4.99 Å². The zero-order chi connectivity index (χ0) is 24.8. The van der Waals surface area contributed by atoms with Gasteiger partial charge in [-0.15, -0.1) is 0 Å². The molecule has 0 aliphatic heterocycles. The first kappa shape index (κ1) is 24.4. The number of benzene rings is 3. The number of guanidine groups is 1. The maximum atomic E-state index is 13.0. The van der Waals surface area contributed by atoms with Crippen molar-refractivity contribution in [3.05, 3.63) is 107 Å². The lowest BCUT2D eigenvalue weighted by Crippen LogP contribution is -2.34. The van der Waals surface area contributed by atoms with E-state index in [9.17, 15) is 13.5 Å². The van der Waals surface area contributed by atoms with Gasteiger partial charge >= 0.3 is 0 Å². The maximum absolute atomic E-state index is 13.0. The average molecular weight is 490 g/mol. The molecule has 1 aliphatic rings. The molecule has 2 atom stereocenters. The van der Waals surface area contributed by atoms with Crippen molar-refractivity contribution in [3.8, 4) is 0 Å². The zero-order valence-electron chi connectivity index (χ0n) is 19.3. The molecule has 0 fully saturated rings. The lowest BCUT2D eigenvalue weighted by molar-refractivity contribution is 0.151. The van der Waals surface area contributed by atoms with Gasteiger partial charge in [0, 0.05) is 12.1 Å². The predicted molar refractivity (Wildman–Crippen MR) is 136 cm³/mol. The summed E-state index contributed by atoms with van der Waals surface area (Å²) in [7, 11) is -3.83. The molecule has 35 heavy (non-hydrogen) atoms. The van der Waals surface area contributed by atoms with Crippen molar-refractivity contribution < 1.29 is 13.5 Å². The molecule has 0 radical (unpaired) electrons. The minimum Gasteiger partial charge on any atom is -0.391 e. The number of aliphatic imine (C=N–C) groups is 1. The van der Waals surface area contributed by atoms with E-state index in [0.29, 0.717) is 24.2 Å². The summed E-state index contributed by atoms with van der Waals surface area (Å²) in [4.78, 5) is 7.81. The number of nitrogens with one attached hydrogen (secondary N) is 3. The van der Waals surface area contributed by atoms with Gasteiger partial charge in [-0.25, -0.2) is 18.1 Å². The van der Waals surface area contributed by atoms with Crippen molar-refractivity contribution in [1.29, 1.82) is 0 Å². The van der Waals surface area contributed by atoms with Crippen molar-refractivity contribution in [2.45, 2.75) is 43.4 Å². The molecule has 0 saturated carbocycles. The smallest absolute Gasteiger partial charge is 0.267 e. The maximum Gasteiger partial charge on any atom is 0.267 e. The zero-order valence-corrected chi connectivity index (χ0v) is 20.1. The van der Waals surface area contributed by atoms with Crippen molar-refractivity contribution >= 4 is 21.7 Å². The van der Waals surface area contributed by atoms with E-state index in [1.54, 1.807) is 30.3 Å². The summed E-state index contributed by atoms with van der Waals surface area (Å²) in [5.41, 5.74) is 6.73. The molecule has 0 aromatic heterocycles. The highest BCUT2D eigenvalue weighted by atomic mass is 32.2. The number of anilines is 1. The molecule has 8 nitrogen and oxygen atoms in total. The Morgan fingerprint density at radius 1 is 1.09 bits per heavy atom. The van der Waals surface area contributed by atoms with Crippen molar-refractivity contribution in [1.82, 2.24) is 10.1 Å². The fourth-order valence-electron chi connectivity index (χ4n) is 4.03. The van der Waals surface area contributed by atoms with Crippen LogP contribution < -0.4 is 15.5 Å². The topological polar surface area (TPSA) is 107 Å². The monoisotopic (exact) mass is 489 g/mol. The lowest BCUT2D eigenvalue weighted by Gasteiger charge is -2.19. The number of hydrogen-bond acceptors (Lipinski definition) is 4. The summed E-state index contributed by atoms with van der Waals surface area (Å²) in [5.74, 6) is 0.274.